The van der Waals surface area contributed by atoms with Crippen LogP contribution >= 0.6 is 0 Å². The predicted octanol–water partition coefficient (Wildman–Crippen LogP) is 6.71. The number of ether oxygens (including phenoxy) is 1. The first-order valence-corrected chi connectivity index (χ1v) is 12.7. The van der Waals surface area contributed by atoms with Gasteiger partial charge in [0.25, 0.3) is 0 Å². The number of allylic oxidation sites excluding steroid dienone is 9. The highest BCUT2D eigenvalue weighted by atomic mass is 16.5. The van der Waals surface area contributed by atoms with Gasteiger partial charge in [-0.2, -0.15) is 0 Å². The molecule has 5 atom stereocenters. The standard InChI is InChI=1S/C30H38O4/c1-17-15-27(3)10-11-28(4,26(33)34-7)16-23(27)30(6)13-12-29(5)20(24(17)30)9-8-19-18(2)25(32)22(31)14-21(19)29/h8-9,14,23,32H,10-13,15-16H2,1-7H3/t23-,27-,28-,29-,30+/m1/s1. The van der Waals surface area contributed by atoms with Crippen LogP contribution in [0.1, 0.15) is 80.1 Å². The number of hydrogen-bond donors (Lipinski definition) is 1. The van der Waals surface area contributed by atoms with Gasteiger partial charge < -0.3 is 9.84 Å². The van der Waals surface area contributed by atoms with Gasteiger partial charge >= 0.3 is 5.97 Å². The molecule has 0 spiro atoms. The molecule has 34 heavy (non-hydrogen) atoms. The van der Waals surface area contributed by atoms with Crippen molar-refractivity contribution in [3.8, 4) is 0 Å². The van der Waals surface area contributed by atoms with Crippen molar-refractivity contribution in [2.24, 2.45) is 27.6 Å². The van der Waals surface area contributed by atoms with E-state index in [9.17, 15) is 14.7 Å². The number of rotatable bonds is 1. The van der Waals surface area contributed by atoms with Crippen molar-refractivity contribution < 1.29 is 19.4 Å². The molecule has 0 aromatic rings. The van der Waals surface area contributed by atoms with Gasteiger partial charge in [-0.3, -0.25) is 9.59 Å². The molecule has 5 rings (SSSR count). The number of aliphatic hydroxyl groups is 1. The van der Waals surface area contributed by atoms with Crippen LogP contribution < -0.4 is 0 Å². The van der Waals surface area contributed by atoms with E-state index in [0.717, 1.165) is 49.7 Å². The Balaban J connectivity index is 1.66. The van der Waals surface area contributed by atoms with Gasteiger partial charge in [0.1, 0.15) is 0 Å². The third-order valence-electron chi connectivity index (χ3n) is 10.4. The zero-order valence-corrected chi connectivity index (χ0v) is 21.7. The Hall–Kier alpha value is -2.36. The summed E-state index contributed by atoms with van der Waals surface area (Å²) in [4.78, 5) is 25.4. The topological polar surface area (TPSA) is 63.6 Å². The molecule has 182 valence electrons. The minimum Gasteiger partial charge on any atom is -0.504 e. The van der Waals surface area contributed by atoms with E-state index in [1.54, 1.807) is 6.08 Å². The second-order valence-electron chi connectivity index (χ2n) is 12.6. The summed E-state index contributed by atoms with van der Waals surface area (Å²) >= 11 is 0. The minimum atomic E-state index is -0.440. The first kappa shape index (κ1) is 23.4. The lowest BCUT2D eigenvalue weighted by atomic mass is 9.41. The molecule has 1 N–H and O–H groups in total. The van der Waals surface area contributed by atoms with Gasteiger partial charge in [-0.25, -0.2) is 0 Å². The van der Waals surface area contributed by atoms with Crippen molar-refractivity contribution in [3.05, 3.63) is 57.4 Å². The molecule has 4 nitrogen and oxygen atoms in total. The number of methoxy groups -OCH3 is 1. The second kappa shape index (κ2) is 7.08. The van der Waals surface area contributed by atoms with Gasteiger partial charge in [0.2, 0.25) is 5.78 Å². The predicted molar refractivity (Wildman–Crippen MR) is 133 cm³/mol. The summed E-state index contributed by atoms with van der Waals surface area (Å²) in [6, 6.07) is 0. The van der Waals surface area contributed by atoms with Gasteiger partial charge in [-0.1, -0.05) is 38.5 Å². The largest absolute Gasteiger partial charge is 0.504 e. The van der Waals surface area contributed by atoms with Crippen LogP contribution in [0, 0.1) is 27.6 Å². The Labute approximate surface area is 203 Å². The van der Waals surface area contributed by atoms with Crippen LogP contribution in [0.5, 0.6) is 0 Å². The lowest BCUT2D eigenvalue weighted by Gasteiger charge is -2.63. The molecule has 2 fully saturated rings. The van der Waals surface area contributed by atoms with E-state index in [4.69, 9.17) is 4.74 Å². The van der Waals surface area contributed by atoms with Gasteiger partial charge in [-0.05, 0) is 104 Å². The third-order valence-corrected chi connectivity index (χ3v) is 10.4. The smallest absolute Gasteiger partial charge is 0.311 e. The summed E-state index contributed by atoms with van der Waals surface area (Å²) < 4.78 is 5.25. The Morgan fingerprint density at radius 1 is 1.03 bits per heavy atom. The zero-order chi connectivity index (χ0) is 24.8. The molecule has 2 saturated carbocycles. The molecule has 0 heterocycles. The lowest BCUT2D eigenvalue weighted by molar-refractivity contribution is -0.160. The van der Waals surface area contributed by atoms with Crippen LogP contribution in [0.2, 0.25) is 0 Å². The fraction of sp³-hybridized carbons (Fsp3) is 0.600. The highest BCUT2D eigenvalue weighted by Gasteiger charge is 2.61. The Kier molecular flexibility index (Phi) is 4.87. The number of ketones is 1. The maximum atomic E-state index is 12.8. The molecular weight excluding hydrogens is 424 g/mol. The highest BCUT2D eigenvalue weighted by molar-refractivity contribution is 6.06. The van der Waals surface area contributed by atoms with E-state index in [1.165, 1.54) is 23.8 Å². The van der Waals surface area contributed by atoms with E-state index in [0.29, 0.717) is 11.5 Å². The molecule has 5 aliphatic rings. The van der Waals surface area contributed by atoms with Gasteiger partial charge in [0.05, 0.1) is 12.5 Å². The monoisotopic (exact) mass is 462 g/mol. The van der Waals surface area contributed by atoms with Crippen LogP contribution in [0.3, 0.4) is 0 Å². The molecule has 0 radical (unpaired) electrons. The fourth-order valence-electron chi connectivity index (χ4n) is 8.46. The highest BCUT2D eigenvalue weighted by Crippen LogP contribution is 2.70. The summed E-state index contributed by atoms with van der Waals surface area (Å²) in [7, 11) is 1.51. The quantitative estimate of drug-likeness (QED) is 0.440. The Bertz CT molecular complexity index is 1180. The Morgan fingerprint density at radius 3 is 2.41 bits per heavy atom. The van der Waals surface area contributed by atoms with Crippen molar-refractivity contribution in [2.75, 3.05) is 7.11 Å². The van der Waals surface area contributed by atoms with Crippen molar-refractivity contribution in [2.45, 2.75) is 80.1 Å². The average molecular weight is 463 g/mol. The fourth-order valence-corrected chi connectivity index (χ4v) is 8.46. The van der Waals surface area contributed by atoms with E-state index in [2.05, 4.69) is 46.8 Å². The van der Waals surface area contributed by atoms with Gasteiger partial charge in [0, 0.05) is 11.0 Å². The summed E-state index contributed by atoms with van der Waals surface area (Å²) in [6.07, 6.45) is 11.8. The number of esters is 1. The summed E-state index contributed by atoms with van der Waals surface area (Å²) in [5, 5.41) is 10.3. The SMILES string of the molecule is COC(=O)[C@]1(C)CC[C@]2(C)CC(C)=C3C4=CC=C5C(=CC(=O)C(O)=C5C)[C@]4(C)CC[C@@]3(C)[C@@H]2C1. The average Bonchev–Trinajstić information content (AvgIpc) is 2.79. The number of hydrogen-bond acceptors (Lipinski definition) is 4. The van der Waals surface area contributed by atoms with Gasteiger partial charge in [0.15, 0.2) is 5.76 Å². The molecule has 0 unspecified atom stereocenters. The van der Waals surface area contributed by atoms with Crippen molar-refractivity contribution in [1.29, 1.82) is 0 Å². The van der Waals surface area contributed by atoms with Gasteiger partial charge in [-0.15, -0.1) is 0 Å². The molecule has 5 aliphatic carbocycles. The molecule has 0 amide bonds. The summed E-state index contributed by atoms with van der Waals surface area (Å²) in [6.45, 7) is 13.4. The van der Waals surface area contributed by atoms with E-state index >= 15 is 0 Å². The van der Waals surface area contributed by atoms with Crippen LogP contribution in [0.25, 0.3) is 0 Å². The van der Waals surface area contributed by atoms with Crippen LogP contribution in [0.4, 0.5) is 0 Å². The minimum absolute atomic E-state index is 0.0320. The summed E-state index contributed by atoms with van der Waals surface area (Å²) in [5.74, 6) is -0.114. The maximum Gasteiger partial charge on any atom is 0.311 e. The molecule has 0 saturated heterocycles. The molecule has 0 bridgehead atoms. The maximum absolute atomic E-state index is 12.8. The van der Waals surface area contributed by atoms with Crippen molar-refractivity contribution in [1.82, 2.24) is 0 Å². The lowest BCUT2D eigenvalue weighted by Crippen LogP contribution is -2.55. The number of fused-ring (bicyclic) bond motifs is 7. The number of carbonyl (C=O) groups is 2. The van der Waals surface area contributed by atoms with Crippen molar-refractivity contribution >= 4 is 11.8 Å². The number of aliphatic hydroxyl groups excluding tert-OH is 1. The number of carbonyl (C=O) groups excluding carboxylic acids is 2. The molecular formula is C30H38O4. The van der Waals surface area contributed by atoms with Crippen molar-refractivity contribution in [3.63, 3.8) is 0 Å². The first-order chi connectivity index (χ1) is 15.8. The van der Waals surface area contributed by atoms with Crippen LogP contribution in [-0.2, 0) is 14.3 Å². The summed E-state index contributed by atoms with van der Waals surface area (Å²) in [5.41, 5.74) is 6.37. The van der Waals surface area contributed by atoms with E-state index in [-0.39, 0.29) is 33.8 Å². The molecule has 0 aromatic heterocycles. The normalized spacial score (nSPS) is 41.4. The molecule has 4 heteroatoms. The molecule has 0 aliphatic heterocycles. The van der Waals surface area contributed by atoms with Crippen LogP contribution in [-0.4, -0.2) is 24.0 Å². The van der Waals surface area contributed by atoms with E-state index < -0.39 is 5.41 Å². The third kappa shape index (κ3) is 2.83. The zero-order valence-electron chi connectivity index (χ0n) is 21.7. The molecule has 0 aromatic carbocycles. The van der Waals surface area contributed by atoms with E-state index in [1.807, 2.05) is 6.92 Å². The Morgan fingerprint density at radius 2 is 1.74 bits per heavy atom. The van der Waals surface area contributed by atoms with Crippen LogP contribution in [0.15, 0.2) is 57.4 Å². The second-order valence-corrected chi connectivity index (χ2v) is 12.6. The first-order valence-electron chi connectivity index (χ1n) is 12.7.